The lowest BCUT2D eigenvalue weighted by molar-refractivity contribution is -0.110. The third-order valence-corrected chi connectivity index (χ3v) is 4.62. The van der Waals surface area contributed by atoms with Crippen LogP contribution < -0.4 is 4.74 Å². The molecule has 4 nitrogen and oxygen atoms in total. The summed E-state index contributed by atoms with van der Waals surface area (Å²) in [4.78, 5) is 12.0. The van der Waals surface area contributed by atoms with Gasteiger partial charge in [0.15, 0.2) is 0 Å². The predicted octanol–water partition coefficient (Wildman–Crippen LogP) is 3.33. The van der Waals surface area contributed by atoms with E-state index in [4.69, 9.17) is 4.74 Å². The van der Waals surface area contributed by atoms with E-state index in [0.717, 1.165) is 17.7 Å². The number of hydrogen-bond donors (Lipinski definition) is 0. The monoisotopic (exact) mass is 308 g/mol. The Bertz CT molecular complexity index is 672. The van der Waals surface area contributed by atoms with Gasteiger partial charge in [0, 0.05) is 5.97 Å². The van der Waals surface area contributed by atoms with Crippen LogP contribution in [0.3, 0.4) is 0 Å². The highest BCUT2D eigenvalue weighted by Gasteiger charge is 2.42. The van der Waals surface area contributed by atoms with Crippen LogP contribution in [0.4, 0.5) is 0 Å². The second-order valence-corrected chi connectivity index (χ2v) is 6.89. The fourth-order valence-electron chi connectivity index (χ4n) is 3.18. The Morgan fingerprint density at radius 2 is 2.09 bits per heavy atom. The first-order valence-electron chi connectivity index (χ1n) is 7.92. The average molecular weight is 308 g/mol. The molecule has 0 aromatic heterocycles. The Labute approximate surface area is 138 Å². The molecule has 1 aromatic carbocycles. The molecule has 118 valence electrons. The van der Waals surface area contributed by atoms with E-state index in [9.17, 15) is 15.3 Å². The number of rotatable bonds is 5. The number of fused-ring (bicyclic) bond motifs is 1. The minimum absolute atomic E-state index is 0.0612. The van der Waals surface area contributed by atoms with Crippen LogP contribution in [0.15, 0.2) is 24.3 Å². The third kappa shape index (κ3) is 3.74. The van der Waals surface area contributed by atoms with Crippen LogP contribution in [-0.4, -0.2) is 19.0 Å². The summed E-state index contributed by atoms with van der Waals surface area (Å²) in [5.74, 6) is 2.83. The molecule has 1 aliphatic heterocycles. The van der Waals surface area contributed by atoms with E-state index >= 15 is 0 Å². The summed E-state index contributed by atoms with van der Waals surface area (Å²) in [7, 11) is 0. The minimum Gasteiger partial charge on any atom is -0.493 e. The molecule has 23 heavy (non-hydrogen) atoms. The zero-order valence-corrected chi connectivity index (χ0v) is 13.9. The lowest BCUT2D eigenvalue weighted by Crippen LogP contribution is -2.40. The summed E-state index contributed by atoms with van der Waals surface area (Å²) in [6.45, 7) is 5.10. The maximum Gasteiger partial charge on any atom is 0.351 e. The normalized spacial score (nSPS) is 19.7. The Hall–Kier alpha value is -2.27. The fourth-order valence-corrected chi connectivity index (χ4v) is 3.18. The molecule has 2 unspecified atom stereocenters. The van der Waals surface area contributed by atoms with Gasteiger partial charge in [0.2, 0.25) is 0 Å². The van der Waals surface area contributed by atoms with Gasteiger partial charge in [-0.3, -0.25) is 0 Å². The summed E-state index contributed by atoms with van der Waals surface area (Å²) >= 11 is 0. The fraction of sp³-hybridized carbons (Fsp3) is 0.500. The van der Waals surface area contributed by atoms with Crippen LogP contribution in [0.2, 0.25) is 0 Å². The molecule has 0 saturated carbocycles. The third-order valence-electron chi connectivity index (χ3n) is 4.62. The summed E-state index contributed by atoms with van der Waals surface area (Å²) in [6.07, 6.45) is 1.47. The molecule has 1 aromatic rings. The molecule has 1 heterocycles. The van der Waals surface area contributed by atoms with Gasteiger partial charge in [0.25, 0.3) is 0 Å². The Balaban J connectivity index is 2.33. The van der Waals surface area contributed by atoms with Crippen molar-refractivity contribution in [3.05, 3.63) is 29.8 Å². The second-order valence-electron chi connectivity index (χ2n) is 6.89. The highest BCUT2D eigenvalue weighted by Crippen LogP contribution is 2.41. The molecule has 0 fully saturated rings. The summed E-state index contributed by atoms with van der Waals surface area (Å²) in [5, 5.41) is 18.7. The topological polar surface area (TPSA) is 73.9 Å². The number of benzene rings is 1. The molecular formula is C18H21BN2O2. The van der Waals surface area contributed by atoms with Crippen molar-refractivity contribution >= 4 is 12.4 Å². The molecule has 0 amide bonds. The van der Waals surface area contributed by atoms with E-state index in [2.05, 4.69) is 12.0 Å². The zero-order chi connectivity index (χ0) is 17.0. The lowest BCUT2D eigenvalue weighted by atomic mass is 9.35. The van der Waals surface area contributed by atoms with Crippen LogP contribution in [0, 0.1) is 33.9 Å². The van der Waals surface area contributed by atoms with Crippen molar-refractivity contribution in [2.75, 3.05) is 6.61 Å². The van der Waals surface area contributed by atoms with Crippen LogP contribution >= 0.6 is 0 Å². The van der Waals surface area contributed by atoms with Gasteiger partial charge < -0.3 is 9.53 Å². The van der Waals surface area contributed by atoms with Gasteiger partial charge in [0.1, 0.15) is 11.4 Å². The average Bonchev–Trinajstić information content (AvgIpc) is 2.54. The van der Waals surface area contributed by atoms with E-state index < -0.39 is 12.1 Å². The summed E-state index contributed by atoms with van der Waals surface area (Å²) < 4.78 is 5.84. The van der Waals surface area contributed by atoms with Gasteiger partial charge in [-0.2, -0.15) is 5.26 Å². The Morgan fingerprint density at radius 1 is 1.39 bits per heavy atom. The molecule has 5 heteroatoms. The first kappa shape index (κ1) is 17.1. The quantitative estimate of drug-likeness (QED) is 0.782. The zero-order valence-electron chi connectivity index (χ0n) is 13.9. The molecule has 2 rings (SSSR count). The Kier molecular flexibility index (Phi) is 5.11. The molecule has 0 N–H and O–H groups in total. The van der Waals surface area contributed by atoms with E-state index in [-0.39, 0.29) is 17.4 Å². The van der Waals surface area contributed by atoms with Gasteiger partial charge in [-0.25, -0.2) is 5.26 Å². The first-order valence-corrected chi connectivity index (χ1v) is 7.92. The van der Waals surface area contributed by atoms with E-state index in [0.29, 0.717) is 13.0 Å². The summed E-state index contributed by atoms with van der Waals surface area (Å²) in [5.41, 5.74) is 0.402. The van der Waals surface area contributed by atoms with Crippen LogP contribution in [0.5, 0.6) is 5.75 Å². The van der Waals surface area contributed by atoms with Gasteiger partial charge in [-0.15, -0.1) is 0 Å². The Morgan fingerprint density at radius 3 is 2.70 bits per heavy atom. The van der Waals surface area contributed by atoms with Gasteiger partial charge >= 0.3 is 6.71 Å². The van der Waals surface area contributed by atoms with Crippen molar-refractivity contribution in [1.82, 2.24) is 0 Å². The van der Waals surface area contributed by atoms with Crippen LogP contribution in [0.1, 0.15) is 45.0 Å². The smallest absolute Gasteiger partial charge is 0.351 e. The SMILES string of the molecule is CC(=O)B(C#N)C1c2ccccc2OCC1CCC(C)(C)C#N. The number of nitrogens with zero attached hydrogens (tertiary/aromatic N) is 2. The van der Waals surface area contributed by atoms with E-state index in [1.54, 1.807) is 0 Å². The van der Waals surface area contributed by atoms with Crippen LogP contribution in [0.25, 0.3) is 0 Å². The number of hydrogen-bond acceptors (Lipinski definition) is 4. The largest absolute Gasteiger partial charge is 0.493 e. The first-order chi connectivity index (χ1) is 10.9. The minimum atomic E-state index is -0.671. The van der Waals surface area contributed by atoms with Gasteiger partial charge in [-0.1, -0.05) is 18.2 Å². The van der Waals surface area contributed by atoms with Gasteiger partial charge in [-0.05, 0) is 57.0 Å². The molecule has 1 aliphatic rings. The molecule has 2 atom stereocenters. The van der Waals surface area contributed by atoms with Crippen molar-refractivity contribution in [3.63, 3.8) is 0 Å². The number of carbonyl (C=O) groups is 1. The number of para-hydroxylation sites is 1. The molecule has 0 spiro atoms. The second kappa shape index (κ2) is 6.88. The van der Waals surface area contributed by atoms with Crippen molar-refractivity contribution in [1.29, 1.82) is 10.5 Å². The van der Waals surface area contributed by atoms with Crippen molar-refractivity contribution in [3.8, 4) is 17.8 Å². The van der Waals surface area contributed by atoms with Crippen LogP contribution in [-0.2, 0) is 4.79 Å². The molecule has 0 bridgehead atoms. The van der Waals surface area contributed by atoms with Crippen molar-refractivity contribution in [2.24, 2.45) is 11.3 Å². The maximum atomic E-state index is 12.0. The standard InChI is InChI=1S/C18H21BN2O2/c1-13(22)19(12-21)17-14(8-9-18(2,3)11-20)10-23-16-7-5-4-6-15(16)17/h4-7,14,17H,8-10H2,1-3H3. The van der Waals surface area contributed by atoms with E-state index in [1.165, 1.54) is 6.92 Å². The summed E-state index contributed by atoms with van der Waals surface area (Å²) in [6, 6.07) is 9.93. The maximum absolute atomic E-state index is 12.0. The lowest BCUT2D eigenvalue weighted by Gasteiger charge is -2.35. The van der Waals surface area contributed by atoms with E-state index in [1.807, 2.05) is 38.1 Å². The van der Waals surface area contributed by atoms with Crippen molar-refractivity contribution < 1.29 is 9.53 Å². The molecule has 0 aliphatic carbocycles. The number of carbonyl (C=O) groups excluding carboxylic acids is 1. The molecular weight excluding hydrogens is 287 g/mol. The number of ether oxygens (including phenoxy) is 1. The van der Waals surface area contributed by atoms with Gasteiger partial charge in [0.05, 0.1) is 18.1 Å². The number of nitriles is 2. The predicted molar refractivity (Wildman–Crippen MR) is 88.8 cm³/mol. The molecule has 0 saturated heterocycles. The van der Waals surface area contributed by atoms with Crippen molar-refractivity contribution in [2.45, 2.75) is 39.4 Å². The highest BCUT2D eigenvalue weighted by atomic mass is 16.5. The molecule has 0 radical (unpaired) electrons. The highest BCUT2D eigenvalue weighted by molar-refractivity contribution is 6.96.